The van der Waals surface area contributed by atoms with Crippen molar-refractivity contribution in [2.24, 2.45) is 0 Å². The number of nitrogens with two attached hydrogens (primary N) is 1. The Balaban J connectivity index is 1.49. The molecular weight excluding hydrogens is 448 g/mol. The Kier molecular flexibility index (Phi) is 6.05. The van der Waals surface area contributed by atoms with Crippen molar-refractivity contribution < 1.29 is 17.6 Å². The van der Waals surface area contributed by atoms with Crippen LogP contribution in [0, 0.1) is 5.82 Å². The molecule has 0 radical (unpaired) electrons. The van der Waals surface area contributed by atoms with Crippen molar-refractivity contribution >= 4 is 29.2 Å². The largest absolute Gasteiger partial charge is 0.419 e. The topological polar surface area (TPSA) is 71.2 Å². The lowest BCUT2D eigenvalue weighted by Crippen LogP contribution is -2.47. The molecule has 32 heavy (non-hydrogen) atoms. The van der Waals surface area contributed by atoms with E-state index in [-0.39, 0.29) is 16.8 Å². The first-order valence-corrected chi connectivity index (χ1v) is 10.2. The van der Waals surface area contributed by atoms with Gasteiger partial charge in [0.2, 0.25) is 5.95 Å². The van der Waals surface area contributed by atoms with Gasteiger partial charge in [0.15, 0.2) is 0 Å². The third kappa shape index (κ3) is 4.85. The molecule has 11 heteroatoms. The van der Waals surface area contributed by atoms with Gasteiger partial charge in [0.05, 0.1) is 16.3 Å². The lowest BCUT2D eigenvalue weighted by molar-refractivity contribution is -0.137. The van der Waals surface area contributed by atoms with Crippen molar-refractivity contribution in [1.82, 2.24) is 15.0 Å². The Morgan fingerprint density at radius 3 is 2.41 bits per heavy atom. The fraction of sp³-hybridized carbons (Fsp3) is 0.286. The molecule has 0 spiro atoms. The van der Waals surface area contributed by atoms with Crippen LogP contribution in [0.3, 0.4) is 0 Å². The number of pyridine rings is 1. The molecule has 3 heterocycles. The van der Waals surface area contributed by atoms with Gasteiger partial charge in [-0.3, -0.25) is 0 Å². The number of nitrogens with zero attached hydrogens (tertiary/aromatic N) is 5. The van der Waals surface area contributed by atoms with Crippen molar-refractivity contribution in [3.63, 3.8) is 0 Å². The molecule has 1 fully saturated rings. The average molecular weight is 467 g/mol. The highest BCUT2D eigenvalue weighted by Crippen LogP contribution is 2.35. The number of halogens is 5. The molecule has 0 amide bonds. The molecule has 0 unspecified atom stereocenters. The molecule has 1 aromatic carbocycles. The average Bonchev–Trinajstić information content (AvgIpc) is 2.75. The molecule has 6 nitrogen and oxygen atoms in total. The first-order chi connectivity index (χ1) is 15.2. The molecule has 0 bridgehead atoms. The zero-order chi connectivity index (χ0) is 22.9. The molecule has 3 aromatic rings. The predicted octanol–water partition coefficient (Wildman–Crippen LogP) is 4.18. The molecule has 168 valence electrons. The van der Waals surface area contributed by atoms with Gasteiger partial charge in [0.1, 0.15) is 17.5 Å². The number of benzene rings is 1. The number of aromatic nitrogens is 3. The van der Waals surface area contributed by atoms with Crippen LogP contribution in [0.15, 0.2) is 42.6 Å². The highest BCUT2D eigenvalue weighted by molar-refractivity contribution is 6.30. The molecule has 2 N–H and O–H groups in total. The van der Waals surface area contributed by atoms with E-state index in [1.807, 2.05) is 4.90 Å². The van der Waals surface area contributed by atoms with Gasteiger partial charge >= 0.3 is 6.18 Å². The minimum absolute atomic E-state index is 0.0219. The Bertz CT molecular complexity index is 1120. The van der Waals surface area contributed by atoms with Crippen molar-refractivity contribution in [2.75, 3.05) is 41.7 Å². The smallest absolute Gasteiger partial charge is 0.368 e. The van der Waals surface area contributed by atoms with Crippen LogP contribution in [0.25, 0.3) is 0 Å². The van der Waals surface area contributed by atoms with E-state index in [0.717, 1.165) is 11.6 Å². The maximum atomic E-state index is 13.4. The van der Waals surface area contributed by atoms with E-state index >= 15 is 0 Å². The second-order valence-corrected chi connectivity index (χ2v) is 7.75. The molecular formula is C21H19ClF4N6. The van der Waals surface area contributed by atoms with Crippen LogP contribution in [-0.4, -0.2) is 41.1 Å². The molecule has 0 saturated carbocycles. The summed E-state index contributed by atoms with van der Waals surface area (Å²) in [7, 11) is 0. The van der Waals surface area contributed by atoms with Gasteiger partial charge in [-0.2, -0.15) is 18.2 Å². The number of hydrogen-bond donors (Lipinski definition) is 1. The Hall–Kier alpha value is -3.14. The summed E-state index contributed by atoms with van der Waals surface area (Å²) in [6.07, 6.45) is -2.74. The molecule has 1 aliphatic heterocycles. The van der Waals surface area contributed by atoms with E-state index in [1.165, 1.54) is 24.4 Å². The first-order valence-electron chi connectivity index (χ1n) is 9.80. The standard InChI is InChI=1S/C21H19ClF4N6/c22-16-11-13(3-4-17(16)23)10-14-12-18(30-20(27)29-14)31-6-8-32(9-7-31)19-15(21(24,25)26)2-1-5-28-19/h1-5,11-12H,6-10H2,(H2,27,29,30). The maximum absolute atomic E-state index is 13.4. The van der Waals surface area contributed by atoms with Gasteiger partial charge in [0.25, 0.3) is 0 Å². The summed E-state index contributed by atoms with van der Waals surface area (Å²) in [5.41, 5.74) is 6.52. The summed E-state index contributed by atoms with van der Waals surface area (Å²) in [5, 5.41) is 0.0219. The number of rotatable bonds is 4. The van der Waals surface area contributed by atoms with Gasteiger partial charge in [-0.25, -0.2) is 14.4 Å². The zero-order valence-corrected chi connectivity index (χ0v) is 17.5. The van der Waals surface area contributed by atoms with E-state index in [0.29, 0.717) is 44.1 Å². The van der Waals surface area contributed by atoms with Gasteiger partial charge < -0.3 is 15.5 Å². The number of nitrogen functional groups attached to an aromatic ring is 1. The highest BCUT2D eigenvalue weighted by atomic mass is 35.5. The fourth-order valence-electron chi connectivity index (χ4n) is 3.63. The first kappa shape index (κ1) is 22.1. The monoisotopic (exact) mass is 466 g/mol. The lowest BCUT2D eigenvalue weighted by atomic mass is 10.1. The molecule has 1 saturated heterocycles. The number of anilines is 3. The predicted molar refractivity (Wildman–Crippen MR) is 114 cm³/mol. The van der Waals surface area contributed by atoms with Crippen molar-refractivity contribution in [1.29, 1.82) is 0 Å². The summed E-state index contributed by atoms with van der Waals surface area (Å²) < 4.78 is 53.4. The fourth-order valence-corrected chi connectivity index (χ4v) is 3.84. The summed E-state index contributed by atoms with van der Waals surface area (Å²) in [5.74, 6) is 0.0862. The van der Waals surface area contributed by atoms with E-state index in [9.17, 15) is 17.6 Å². The Morgan fingerprint density at radius 1 is 1.00 bits per heavy atom. The third-order valence-corrected chi connectivity index (χ3v) is 5.44. The van der Waals surface area contributed by atoms with Crippen LogP contribution in [0.4, 0.5) is 35.1 Å². The second-order valence-electron chi connectivity index (χ2n) is 7.35. The van der Waals surface area contributed by atoms with E-state index in [4.69, 9.17) is 17.3 Å². The maximum Gasteiger partial charge on any atom is 0.419 e. The van der Waals surface area contributed by atoms with Crippen LogP contribution in [0.5, 0.6) is 0 Å². The van der Waals surface area contributed by atoms with Gasteiger partial charge in [-0.05, 0) is 29.8 Å². The number of alkyl halides is 3. The van der Waals surface area contributed by atoms with E-state index in [1.54, 1.807) is 17.0 Å². The molecule has 4 rings (SSSR count). The second kappa shape index (κ2) is 8.78. The molecule has 0 atom stereocenters. The van der Waals surface area contributed by atoms with Gasteiger partial charge in [-0.1, -0.05) is 17.7 Å². The molecule has 2 aromatic heterocycles. The van der Waals surface area contributed by atoms with E-state index < -0.39 is 17.6 Å². The molecule has 1 aliphatic rings. The summed E-state index contributed by atoms with van der Waals surface area (Å²) in [6, 6.07) is 8.51. The zero-order valence-electron chi connectivity index (χ0n) is 16.8. The van der Waals surface area contributed by atoms with Crippen LogP contribution in [0.2, 0.25) is 5.02 Å². The third-order valence-electron chi connectivity index (χ3n) is 5.15. The quantitative estimate of drug-likeness (QED) is 0.582. The van der Waals surface area contributed by atoms with Crippen molar-refractivity contribution in [2.45, 2.75) is 12.6 Å². The Morgan fingerprint density at radius 2 is 1.72 bits per heavy atom. The summed E-state index contributed by atoms with van der Waals surface area (Å²) in [4.78, 5) is 16.0. The van der Waals surface area contributed by atoms with Gasteiger partial charge in [0, 0.05) is 44.9 Å². The number of hydrogen-bond acceptors (Lipinski definition) is 6. The van der Waals surface area contributed by atoms with Crippen LogP contribution in [0.1, 0.15) is 16.8 Å². The summed E-state index contributed by atoms with van der Waals surface area (Å²) in [6.45, 7) is 1.55. The van der Waals surface area contributed by atoms with Crippen LogP contribution >= 0.6 is 11.6 Å². The summed E-state index contributed by atoms with van der Waals surface area (Å²) >= 11 is 5.85. The van der Waals surface area contributed by atoms with Gasteiger partial charge in [-0.15, -0.1) is 0 Å². The SMILES string of the molecule is Nc1nc(Cc2ccc(F)c(Cl)c2)cc(N2CCN(c3ncccc3C(F)(F)F)CC2)n1. The molecule has 0 aliphatic carbocycles. The lowest BCUT2D eigenvalue weighted by Gasteiger charge is -2.37. The van der Waals surface area contributed by atoms with E-state index in [2.05, 4.69) is 15.0 Å². The number of piperazine rings is 1. The minimum atomic E-state index is -4.47. The van der Waals surface area contributed by atoms with Crippen molar-refractivity contribution in [3.05, 3.63) is 70.3 Å². The normalized spacial score (nSPS) is 14.7. The minimum Gasteiger partial charge on any atom is -0.368 e. The van der Waals surface area contributed by atoms with Crippen LogP contribution in [-0.2, 0) is 12.6 Å². The highest BCUT2D eigenvalue weighted by Gasteiger charge is 2.36. The van der Waals surface area contributed by atoms with Crippen molar-refractivity contribution in [3.8, 4) is 0 Å². The Labute approximate surface area is 186 Å². The van der Waals surface area contributed by atoms with Crippen LogP contribution < -0.4 is 15.5 Å².